The third-order valence-electron chi connectivity index (χ3n) is 33.7. The van der Waals surface area contributed by atoms with Crippen LogP contribution in [0.4, 0.5) is 0 Å². The van der Waals surface area contributed by atoms with E-state index < -0.39 is 49.9 Å². The third kappa shape index (κ3) is 12.9. The molecule has 0 aromatic carbocycles. The fourth-order valence-electron chi connectivity index (χ4n) is 28.0. The van der Waals surface area contributed by atoms with Gasteiger partial charge >= 0.3 is 11.9 Å². The highest BCUT2D eigenvalue weighted by Gasteiger charge is 2.62. The summed E-state index contributed by atoms with van der Waals surface area (Å²) in [6.45, 7) is 21.7. The summed E-state index contributed by atoms with van der Waals surface area (Å²) in [4.78, 5) is 40.5. The molecule has 4 aromatic heterocycles. The molecule has 0 saturated heterocycles. The molecule has 584 valence electrons. The van der Waals surface area contributed by atoms with Gasteiger partial charge < -0.3 is 19.7 Å². The van der Waals surface area contributed by atoms with Crippen molar-refractivity contribution in [2.45, 2.75) is 273 Å². The number of nitrogens with zero attached hydrogens (tertiary/aromatic N) is 4. The summed E-state index contributed by atoms with van der Waals surface area (Å²) >= 11 is 0. The Morgan fingerprint density at radius 1 is 0.355 bits per heavy atom. The monoisotopic (exact) mass is 1490 g/mol. The first-order valence-corrected chi connectivity index (χ1v) is 42.8. The maximum atomic E-state index is 11.6. The van der Waals surface area contributed by atoms with Crippen molar-refractivity contribution in [3.8, 4) is 0 Å². The van der Waals surface area contributed by atoms with Gasteiger partial charge in [-0.1, -0.05) is 151 Å². The van der Waals surface area contributed by atoms with Crippen molar-refractivity contribution in [1.82, 2.24) is 19.9 Å². The second-order valence-corrected chi connectivity index (χ2v) is 38.8. The molecule has 110 heavy (non-hydrogen) atoms. The van der Waals surface area contributed by atoms with Crippen LogP contribution in [0.3, 0.4) is 0 Å². The van der Waals surface area contributed by atoms with Crippen molar-refractivity contribution in [2.75, 3.05) is 0 Å². The number of aromatic nitrogens is 4. The summed E-state index contributed by atoms with van der Waals surface area (Å²) in [6, 6.07) is 16.9. The molecule has 2 N–H and O–H groups in total. The highest BCUT2D eigenvalue weighted by Crippen LogP contribution is 2.72. The number of hydrogen-bond acceptors (Lipinski definition) is 10. The summed E-state index contributed by atoms with van der Waals surface area (Å²) < 4.78 is 79.9. The summed E-state index contributed by atoms with van der Waals surface area (Å²) in [5, 5.41) is 20.6. The number of rotatable bonds is 6. The largest absolute Gasteiger partial charge is 0.462 e. The van der Waals surface area contributed by atoms with Crippen LogP contribution in [0.2, 0.25) is 0 Å². The van der Waals surface area contributed by atoms with Crippen LogP contribution in [0.1, 0.15) is 282 Å². The van der Waals surface area contributed by atoms with Crippen molar-refractivity contribution in [3.05, 3.63) is 191 Å². The zero-order valence-electron chi connectivity index (χ0n) is 75.4. The molecule has 8 fully saturated rings. The van der Waals surface area contributed by atoms with Gasteiger partial charge in [0.05, 0.1) is 12.2 Å². The minimum atomic E-state index is -1.58. The fraction of sp³-hybridized carbons (Fsp3) is 0.620. The number of ether oxygens (including phenoxy) is 2. The van der Waals surface area contributed by atoms with Crippen molar-refractivity contribution in [2.24, 2.45) is 114 Å². The van der Waals surface area contributed by atoms with E-state index in [1.807, 2.05) is 73.8 Å². The van der Waals surface area contributed by atoms with Crippen LogP contribution in [-0.4, -0.2) is 66.5 Å². The van der Waals surface area contributed by atoms with Crippen LogP contribution in [0, 0.1) is 114 Å². The predicted molar refractivity (Wildman–Crippen MR) is 440 cm³/mol. The van der Waals surface area contributed by atoms with E-state index in [0.29, 0.717) is 110 Å². The van der Waals surface area contributed by atoms with Gasteiger partial charge in [0.15, 0.2) is 0 Å². The molecule has 4 heterocycles. The standard InChI is InChI=1S/2C26H33NO2.2C24H31NO/c2*1-17(28)29-20-10-12-25(2)19(15-20)6-7-21-23-9-8-22(18-5-4-14-27-16-18)26(23,3)13-11-24(21)25;2*1-23-11-9-18(26)14-17(23)5-6-19-21-8-7-20(16-4-3-13-25-15-16)24(21,2)12-10-22(19)23/h2*4-6,8,14,16,20-21,23-24H,7,9-13,15H2,1-3H3;2*3-5,7,13,15,18-19,21-22,26H,6,8-12,14H2,1-2H3/t2*20-,21?,23?,24?,25-,26+;2*18-,19?,21?,22?,23-,24+/m0000/s1/i15D2;10D2;14D2;9D2. The molecular weight excluding hydrogens is 1350 g/mol. The van der Waals surface area contributed by atoms with Gasteiger partial charge in [0.1, 0.15) is 12.2 Å². The number of pyridine rings is 4. The molecule has 12 unspecified atom stereocenters. The second-order valence-electron chi connectivity index (χ2n) is 38.8. The number of carbonyl (C=O) groups is 2. The minimum Gasteiger partial charge on any atom is -0.462 e. The Kier molecular flexibility index (Phi) is 17.8. The van der Waals surface area contributed by atoms with Crippen LogP contribution in [-0.2, 0) is 19.1 Å². The molecule has 10 heteroatoms. The number of fused-ring (bicyclic) bond motifs is 20. The number of aliphatic hydroxyl groups excluding tert-OH is 2. The van der Waals surface area contributed by atoms with Crippen molar-refractivity contribution in [1.29, 1.82) is 0 Å². The van der Waals surface area contributed by atoms with Crippen molar-refractivity contribution >= 4 is 34.2 Å². The van der Waals surface area contributed by atoms with Crippen LogP contribution >= 0.6 is 0 Å². The van der Waals surface area contributed by atoms with E-state index in [0.717, 1.165) is 127 Å². The van der Waals surface area contributed by atoms with E-state index in [2.05, 4.69) is 148 Å². The van der Waals surface area contributed by atoms with E-state index >= 15 is 0 Å². The molecule has 0 radical (unpaired) electrons. The topological polar surface area (TPSA) is 145 Å². The average Bonchev–Trinajstić information content (AvgIpc) is 1.34. The Labute approximate surface area is 669 Å². The van der Waals surface area contributed by atoms with Crippen LogP contribution in [0.5, 0.6) is 0 Å². The molecule has 0 amide bonds. The molecule has 16 aliphatic rings. The molecule has 24 atom stereocenters. The zero-order chi connectivity index (χ0) is 83.5. The van der Waals surface area contributed by atoms with E-state index in [-0.39, 0.29) is 55.3 Å². The van der Waals surface area contributed by atoms with Gasteiger partial charge in [-0.05, 0) is 350 Å². The lowest BCUT2D eigenvalue weighted by Crippen LogP contribution is -2.50. The molecule has 0 spiro atoms. The number of carbonyl (C=O) groups excluding carboxylic acids is 2. The molecule has 10 nitrogen and oxygen atoms in total. The van der Waals surface area contributed by atoms with Crippen LogP contribution in [0.15, 0.2) is 169 Å². The molecule has 8 saturated carbocycles. The number of allylic oxidation sites excluding steroid dienone is 12. The molecule has 4 aromatic rings. The normalized spacial score (nSPS) is 45.4. The Morgan fingerprint density at radius 3 is 1.04 bits per heavy atom. The van der Waals surface area contributed by atoms with Gasteiger partial charge in [-0.3, -0.25) is 29.5 Å². The van der Waals surface area contributed by atoms with Gasteiger partial charge in [0.25, 0.3) is 0 Å². The number of hydrogen-bond donors (Lipinski definition) is 2. The SMILES string of the molecule is [2H]C1([2H])C2=CCC3C(CC[C@]4(C)C(c5cccnc5)=CCC34)[C@@]2(C)CC[C@@H]1O.[2H]C1([2H])C2=CCC3C(CC[C@]4(C)C(c5cccnc5)=CCC34)[C@@]2(C)CC[C@@H]1OC(C)=O.[2H]C1([2H])C[C@@]2(C)C(=CCC3C2CC[C@]2(C)C(c4cccnc4)=CCC32)C[C@H]1O.[2H]C1([2H])C[C@@]2(C)C(=CCC3C2CC[C@]2(C)C(c4cccnc4)=CCC32)C[C@H]1OC(C)=O. The lowest BCUT2D eigenvalue weighted by molar-refractivity contribution is -0.149. The lowest BCUT2D eigenvalue weighted by Gasteiger charge is -2.57. The predicted octanol–water partition coefficient (Wildman–Crippen LogP) is 22.7. The maximum absolute atomic E-state index is 11.6. The average molecular weight is 1490 g/mol. The summed E-state index contributed by atoms with van der Waals surface area (Å²) in [6.07, 6.45) is 47.6. The molecule has 16 aliphatic carbocycles. The first kappa shape index (κ1) is 66.8. The first-order chi connectivity index (χ1) is 55.9. The van der Waals surface area contributed by atoms with Crippen molar-refractivity contribution < 1.29 is 40.2 Å². The van der Waals surface area contributed by atoms with E-state index in [1.54, 1.807) is 0 Å². The maximum Gasteiger partial charge on any atom is 0.302 e. The highest BCUT2D eigenvalue weighted by molar-refractivity contribution is 5.75. The van der Waals surface area contributed by atoms with Gasteiger partial charge in [0, 0.05) is 87.2 Å². The second kappa shape index (κ2) is 29.3. The molecule has 0 bridgehead atoms. The number of aliphatic hydroxyl groups is 2. The Balaban J connectivity index is 0.000000113. The Morgan fingerprint density at radius 2 is 0.673 bits per heavy atom. The van der Waals surface area contributed by atoms with E-state index in [9.17, 15) is 19.8 Å². The summed E-state index contributed by atoms with van der Waals surface area (Å²) in [5.74, 6) is 6.00. The zero-order valence-corrected chi connectivity index (χ0v) is 67.4. The molecule has 20 rings (SSSR count). The summed E-state index contributed by atoms with van der Waals surface area (Å²) in [7, 11) is 0. The smallest absolute Gasteiger partial charge is 0.302 e. The first-order valence-electron chi connectivity index (χ1n) is 46.8. The van der Waals surface area contributed by atoms with Gasteiger partial charge in [-0.15, -0.1) is 0 Å². The van der Waals surface area contributed by atoms with Gasteiger partial charge in [-0.25, -0.2) is 0 Å². The van der Waals surface area contributed by atoms with Crippen LogP contribution < -0.4 is 0 Å². The van der Waals surface area contributed by atoms with E-state index in [4.69, 9.17) is 20.4 Å². The quantitative estimate of drug-likeness (QED) is 0.141. The van der Waals surface area contributed by atoms with Crippen LogP contribution in [0.25, 0.3) is 22.3 Å². The Hall–Kier alpha value is -6.62. The minimum absolute atomic E-state index is 0.107. The lowest BCUT2D eigenvalue weighted by atomic mass is 9.47. The summed E-state index contributed by atoms with van der Waals surface area (Å²) in [5.41, 5.74) is 15.5. The molecular formula is C100H128N4O6. The van der Waals surface area contributed by atoms with E-state index in [1.165, 1.54) is 69.5 Å². The highest BCUT2D eigenvalue weighted by atomic mass is 16.5. The fourth-order valence-corrected chi connectivity index (χ4v) is 28.0. The van der Waals surface area contributed by atoms with Gasteiger partial charge in [0.2, 0.25) is 0 Å². The number of esters is 2. The molecule has 0 aliphatic heterocycles. The van der Waals surface area contributed by atoms with Gasteiger partial charge in [-0.2, -0.15) is 0 Å². The Bertz CT molecular complexity index is 4770. The third-order valence-corrected chi connectivity index (χ3v) is 33.7. The van der Waals surface area contributed by atoms with Crippen molar-refractivity contribution in [3.63, 3.8) is 0 Å².